The monoisotopic (exact) mass is 461 g/mol. The van der Waals surface area contributed by atoms with Crippen molar-refractivity contribution in [1.82, 2.24) is 4.72 Å². The lowest BCUT2D eigenvalue weighted by molar-refractivity contribution is -0.118. The van der Waals surface area contributed by atoms with Gasteiger partial charge in [0.05, 0.1) is 10.6 Å². The van der Waals surface area contributed by atoms with E-state index < -0.39 is 10.0 Å². The maximum atomic E-state index is 12.8. The Labute approximate surface area is 189 Å². The molecule has 0 aliphatic carbocycles. The predicted molar refractivity (Wildman–Crippen MR) is 128 cm³/mol. The molecule has 1 aliphatic heterocycles. The van der Waals surface area contributed by atoms with E-state index in [0.717, 1.165) is 17.9 Å². The van der Waals surface area contributed by atoms with E-state index in [1.54, 1.807) is 26.0 Å². The summed E-state index contributed by atoms with van der Waals surface area (Å²) in [5, 5.41) is 2.83. The van der Waals surface area contributed by atoms with E-state index in [1.165, 1.54) is 29.1 Å². The van der Waals surface area contributed by atoms with Crippen LogP contribution in [0, 0.1) is 5.92 Å². The fraction of sp³-hybridized carbons (Fsp3) is 0.435. The van der Waals surface area contributed by atoms with Gasteiger partial charge < -0.3 is 10.2 Å². The number of hydrogen-bond donors (Lipinski definition) is 2. The van der Waals surface area contributed by atoms with E-state index >= 15 is 0 Å². The zero-order chi connectivity index (χ0) is 22.6. The van der Waals surface area contributed by atoms with Gasteiger partial charge in [0.1, 0.15) is 0 Å². The molecule has 0 saturated carbocycles. The third-order valence-electron chi connectivity index (χ3n) is 5.48. The van der Waals surface area contributed by atoms with Gasteiger partial charge in [-0.05, 0) is 55.9 Å². The molecule has 1 atom stereocenters. The number of anilines is 2. The molecule has 8 heteroatoms. The fourth-order valence-electron chi connectivity index (χ4n) is 3.74. The van der Waals surface area contributed by atoms with Crippen molar-refractivity contribution in [3.63, 3.8) is 0 Å². The Hall–Kier alpha value is -2.03. The van der Waals surface area contributed by atoms with Crippen LogP contribution in [-0.2, 0) is 21.2 Å². The molecule has 1 aliphatic rings. The van der Waals surface area contributed by atoms with Gasteiger partial charge in [-0.3, -0.25) is 4.79 Å². The van der Waals surface area contributed by atoms with Gasteiger partial charge in [0.25, 0.3) is 0 Å². The molecule has 0 spiro atoms. The Balaban J connectivity index is 1.62. The molecule has 2 aromatic rings. The van der Waals surface area contributed by atoms with Crippen LogP contribution in [0.25, 0.3) is 0 Å². The Morgan fingerprint density at radius 3 is 2.68 bits per heavy atom. The van der Waals surface area contributed by atoms with Crippen molar-refractivity contribution < 1.29 is 13.2 Å². The second-order valence-electron chi connectivity index (χ2n) is 8.13. The number of nitrogens with one attached hydrogen (secondary N) is 2. The Morgan fingerprint density at radius 1 is 1.23 bits per heavy atom. The maximum absolute atomic E-state index is 12.8. The molecule has 1 amide bonds. The van der Waals surface area contributed by atoms with Crippen LogP contribution in [0.4, 0.5) is 11.4 Å². The summed E-state index contributed by atoms with van der Waals surface area (Å²) in [4.78, 5) is 15.4. The first-order valence-electron chi connectivity index (χ1n) is 10.6. The Morgan fingerprint density at radius 2 is 1.97 bits per heavy atom. The van der Waals surface area contributed by atoms with Crippen LogP contribution in [0.5, 0.6) is 0 Å². The lowest BCUT2D eigenvalue weighted by Gasteiger charge is -2.25. The maximum Gasteiger partial charge on any atom is 0.240 e. The summed E-state index contributed by atoms with van der Waals surface area (Å²) >= 11 is 1.46. The second kappa shape index (κ2) is 10.1. The average molecular weight is 462 g/mol. The number of amides is 1. The van der Waals surface area contributed by atoms with Crippen molar-refractivity contribution in [2.24, 2.45) is 5.92 Å². The minimum atomic E-state index is -3.66. The van der Waals surface area contributed by atoms with Crippen molar-refractivity contribution in [2.75, 3.05) is 29.6 Å². The highest BCUT2D eigenvalue weighted by Gasteiger charge is 2.25. The van der Waals surface area contributed by atoms with E-state index in [0.29, 0.717) is 24.7 Å². The molecule has 168 valence electrons. The van der Waals surface area contributed by atoms with Gasteiger partial charge in [-0.15, -0.1) is 11.8 Å². The first kappa shape index (κ1) is 23.6. The molecular formula is C23H31N3O3S2. The van der Waals surface area contributed by atoms with Gasteiger partial charge in [0, 0.05) is 35.6 Å². The number of benzene rings is 2. The highest BCUT2D eigenvalue weighted by atomic mass is 32.2. The van der Waals surface area contributed by atoms with Crippen LogP contribution in [-0.4, -0.2) is 39.7 Å². The van der Waals surface area contributed by atoms with E-state index in [1.807, 2.05) is 12.3 Å². The van der Waals surface area contributed by atoms with E-state index in [-0.39, 0.29) is 16.7 Å². The zero-order valence-electron chi connectivity index (χ0n) is 18.5. The van der Waals surface area contributed by atoms with E-state index in [9.17, 15) is 13.2 Å². The summed E-state index contributed by atoms with van der Waals surface area (Å²) in [5.74, 6) is -0.330. The Bertz CT molecular complexity index is 1040. The molecule has 3 rings (SSSR count). The van der Waals surface area contributed by atoms with E-state index in [4.69, 9.17) is 0 Å². The number of para-hydroxylation sites is 1. The quantitative estimate of drug-likeness (QED) is 0.434. The summed E-state index contributed by atoms with van der Waals surface area (Å²) in [6.07, 6.45) is 3.62. The number of thioether (sulfide) groups is 1. The van der Waals surface area contributed by atoms with Crippen molar-refractivity contribution in [3.8, 4) is 0 Å². The van der Waals surface area contributed by atoms with Crippen molar-refractivity contribution in [2.45, 2.75) is 49.4 Å². The molecule has 0 radical (unpaired) electrons. The normalized spacial score (nSPS) is 15.9. The largest absolute Gasteiger partial charge is 0.368 e. The number of fused-ring (bicyclic) bond motifs is 1. The highest BCUT2D eigenvalue weighted by Crippen LogP contribution is 2.32. The summed E-state index contributed by atoms with van der Waals surface area (Å²) in [6.45, 7) is 6.95. The summed E-state index contributed by atoms with van der Waals surface area (Å²) in [5.41, 5.74) is 3.12. The zero-order valence-corrected chi connectivity index (χ0v) is 20.1. The lowest BCUT2D eigenvalue weighted by Crippen LogP contribution is -2.33. The summed E-state index contributed by atoms with van der Waals surface area (Å²) in [7, 11) is -3.66. The molecule has 6 nitrogen and oxygen atoms in total. The number of nitrogens with zero attached hydrogens (tertiary/aromatic N) is 1. The standard InChI is InChI=1S/C23H31N3O3S2/c1-16(2)23(27)25-20-15-19(10-11-22(20)30-4)31(28,29)24-12-7-13-26-17(3)14-18-8-5-6-9-21(18)26/h5-6,8-11,15-17,24H,7,12-14H2,1-4H3,(H,25,27)/t17-/m1/s1. The molecular weight excluding hydrogens is 430 g/mol. The van der Waals surface area contributed by atoms with Crippen molar-refractivity contribution in [1.29, 1.82) is 0 Å². The van der Waals surface area contributed by atoms with Crippen LogP contribution in [0.3, 0.4) is 0 Å². The van der Waals surface area contributed by atoms with Crippen LogP contribution in [0.1, 0.15) is 32.8 Å². The van der Waals surface area contributed by atoms with Gasteiger partial charge in [-0.25, -0.2) is 13.1 Å². The fourth-order valence-corrected chi connectivity index (χ4v) is 5.37. The molecule has 0 bridgehead atoms. The molecule has 0 fully saturated rings. The molecule has 2 aromatic carbocycles. The number of sulfonamides is 1. The first-order valence-corrected chi connectivity index (χ1v) is 13.3. The molecule has 31 heavy (non-hydrogen) atoms. The Kier molecular flexibility index (Phi) is 7.67. The number of carbonyl (C=O) groups excluding carboxylic acids is 1. The van der Waals surface area contributed by atoms with Crippen molar-refractivity contribution in [3.05, 3.63) is 48.0 Å². The predicted octanol–water partition coefficient (Wildman–Crippen LogP) is 4.12. The van der Waals surface area contributed by atoms with Crippen LogP contribution in [0.2, 0.25) is 0 Å². The van der Waals surface area contributed by atoms with Gasteiger partial charge in [-0.1, -0.05) is 32.0 Å². The molecule has 2 N–H and O–H groups in total. The second-order valence-corrected chi connectivity index (χ2v) is 10.7. The van der Waals surface area contributed by atoms with Gasteiger partial charge in [0.2, 0.25) is 15.9 Å². The highest BCUT2D eigenvalue weighted by molar-refractivity contribution is 7.98. The van der Waals surface area contributed by atoms with Gasteiger partial charge >= 0.3 is 0 Å². The molecule has 1 heterocycles. The van der Waals surface area contributed by atoms with Gasteiger partial charge in [0.15, 0.2) is 0 Å². The molecule has 0 unspecified atom stereocenters. The topological polar surface area (TPSA) is 78.5 Å². The minimum absolute atomic E-state index is 0.141. The van der Waals surface area contributed by atoms with Crippen LogP contribution >= 0.6 is 11.8 Å². The number of hydrogen-bond acceptors (Lipinski definition) is 5. The average Bonchev–Trinajstić information content (AvgIpc) is 3.06. The van der Waals surface area contributed by atoms with Crippen LogP contribution < -0.4 is 14.9 Å². The third kappa shape index (κ3) is 5.61. The van der Waals surface area contributed by atoms with Gasteiger partial charge in [-0.2, -0.15) is 0 Å². The number of rotatable bonds is 9. The first-order chi connectivity index (χ1) is 14.7. The van der Waals surface area contributed by atoms with Crippen LogP contribution in [0.15, 0.2) is 52.3 Å². The lowest BCUT2D eigenvalue weighted by atomic mass is 10.1. The van der Waals surface area contributed by atoms with Crippen molar-refractivity contribution >= 4 is 39.1 Å². The number of carbonyl (C=O) groups is 1. The van der Waals surface area contributed by atoms with E-state index in [2.05, 4.69) is 40.1 Å². The third-order valence-corrected chi connectivity index (χ3v) is 7.73. The SMILES string of the molecule is CSc1ccc(S(=O)(=O)NCCCN2c3ccccc3C[C@H]2C)cc1NC(=O)C(C)C. The molecule has 0 saturated heterocycles. The molecule has 0 aromatic heterocycles. The minimum Gasteiger partial charge on any atom is -0.368 e. The summed E-state index contributed by atoms with van der Waals surface area (Å²) < 4.78 is 28.3. The summed E-state index contributed by atoms with van der Waals surface area (Å²) in [6, 6.07) is 13.7. The smallest absolute Gasteiger partial charge is 0.240 e.